The lowest BCUT2D eigenvalue weighted by Gasteiger charge is -2.33. The van der Waals surface area contributed by atoms with Crippen molar-refractivity contribution in [3.05, 3.63) is 40.8 Å². The Kier molecular flexibility index (Phi) is 4.34. The molecule has 1 aromatic heterocycles. The van der Waals surface area contributed by atoms with Gasteiger partial charge in [-0.05, 0) is 36.6 Å². The summed E-state index contributed by atoms with van der Waals surface area (Å²) in [6.07, 6.45) is 3.27. The zero-order valence-corrected chi connectivity index (χ0v) is 13.1. The lowest BCUT2D eigenvalue weighted by Crippen LogP contribution is -2.47. The number of aromatic amines is 1. The van der Waals surface area contributed by atoms with Crippen LogP contribution in [0.4, 0.5) is 0 Å². The largest absolute Gasteiger partial charge is 0.490 e. The second kappa shape index (κ2) is 6.42. The molecule has 1 atom stereocenters. The number of nitrogens with two attached hydrogens (primary N) is 1. The van der Waals surface area contributed by atoms with Gasteiger partial charge in [0, 0.05) is 37.5 Å². The highest BCUT2D eigenvalue weighted by molar-refractivity contribution is 5.82. The molecule has 0 bridgehead atoms. The van der Waals surface area contributed by atoms with Crippen molar-refractivity contribution in [1.29, 1.82) is 0 Å². The number of carbonyl (C=O) groups excluding carboxylic acids is 1. The van der Waals surface area contributed by atoms with Crippen LogP contribution in [0.5, 0.6) is 5.75 Å². The number of hydrogen-bond acceptors (Lipinski definition) is 4. The molecule has 1 aliphatic heterocycles. The third-order valence-electron chi connectivity index (χ3n) is 4.19. The molecule has 122 valence electrons. The van der Waals surface area contributed by atoms with E-state index in [1.807, 2.05) is 18.2 Å². The van der Waals surface area contributed by atoms with E-state index in [-0.39, 0.29) is 17.6 Å². The van der Waals surface area contributed by atoms with Crippen LogP contribution in [0.25, 0.3) is 10.8 Å². The first-order valence-corrected chi connectivity index (χ1v) is 7.87. The summed E-state index contributed by atoms with van der Waals surface area (Å²) in [4.78, 5) is 28.0. The topological polar surface area (TPSA) is 88.4 Å². The molecule has 3 rings (SSSR count). The van der Waals surface area contributed by atoms with Gasteiger partial charge in [0.2, 0.25) is 5.91 Å². The van der Waals surface area contributed by atoms with Crippen LogP contribution in [0.15, 0.2) is 35.3 Å². The minimum absolute atomic E-state index is 0.00613. The van der Waals surface area contributed by atoms with Gasteiger partial charge in [-0.25, -0.2) is 0 Å². The average Bonchev–Trinajstić information content (AvgIpc) is 2.55. The van der Waals surface area contributed by atoms with Crippen LogP contribution in [0.2, 0.25) is 0 Å². The molecule has 1 fully saturated rings. The molecule has 3 N–H and O–H groups in total. The maximum Gasteiger partial charge on any atom is 0.255 e. The van der Waals surface area contributed by atoms with Crippen LogP contribution in [0, 0.1) is 0 Å². The predicted octanol–water partition coefficient (Wildman–Crippen LogP) is 1.25. The van der Waals surface area contributed by atoms with Crippen LogP contribution >= 0.6 is 0 Å². The summed E-state index contributed by atoms with van der Waals surface area (Å²) in [6, 6.07) is 6.87. The molecule has 6 heteroatoms. The van der Waals surface area contributed by atoms with Gasteiger partial charge in [0.15, 0.2) is 0 Å². The normalized spacial score (nSPS) is 17.2. The molecular weight excluding hydrogens is 294 g/mol. The van der Waals surface area contributed by atoms with E-state index in [4.69, 9.17) is 10.5 Å². The number of hydrogen-bond donors (Lipinski definition) is 2. The number of fused-ring (bicyclic) bond motifs is 1. The van der Waals surface area contributed by atoms with Gasteiger partial charge in [-0.2, -0.15) is 0 Å². The Bertz CT molecular complexity index is 761. The number of nitrogens with zero attached hydrogens (tertiary/aromatic N) is 1. The summed E-state index contributed by atoms with van der Waals surface area (Å²) < 4.78 is 6.01. The van der Waals surface area contributed by atoms with Crippen LogP contribution in [0.1, 0.15) is 19.8 Å². The maximum absolute atomic E-state index is 11.9. The van der Waals surface area contributed by atoms with Crippen molar-refractivity contribution in [2.24, 2.45) is 5.73 Å². The molecule has 1 aromatic carbocycles. The molecule has 0 unspecified atom stereocenters. The summed E-state index contributed by atoms with van der Waals surface area (Å²) in [5.41, 5.74) is 5.54. The van der Waals surface area contributed by atoms with E-state index < -0.39 is 6.04 Å². The third kappa shape index (κ3) is 3.37. The quantitative estimate of drug-likeness (QED) is 0.892. The van der Waals surface area contributed by atoms with Crippen LogP contribution in [0.3, 0.4) is 0 Å². The number of piperidine rings is 1. The molecule has 0 spiro atoms. The number of nitrogens with one attached hydrogen (secondary N) is 1. The number of aromatic nitrogens is 1. The standard InChI is InChI=1S/C17H21N3O3/c1-11(18)17(22)20-8-5-13(6-9-20)23-14-2-3-15-12(10-14)4-7-19-16(15)21/h2-4,7,10-11,13H,5-6,8-9,18H2,1H3,(H,19,21)/t11-/m0/s1. The van der Waals surface area contributed by atoms with Crippen molar-refractivity contribution in [3.8, 4) is 5.75 Å². The Hall–Kier alpha value is -2.34. The first-order valence-electron chi connectivity index (χ1n) is 7.87. The Morgan fingerprint density at radius 1 is 1.35 bits per heavy atom. The van der Waals surface area contributed by atoms with Crippen LogP contribution in [-0.4, -0.2) is 41.0 Å². The molecule has 1 saturated heterocycles. The molecule has 2 aromatic rings. The molecule has 0 radical (unpaired) electrons. The van der Waals surface area contributed by atoms with Crippen molar-refractivity contribution < 1.29 is 9.53 Å². The van der Waals surface area contributed by atoms with Gasteiger partial charge in [0.25, 0.3) is 5.56 Å². The summed E-state index contributed by atoms with van der Waals surface area (Å²) in [7, 11) is 0. The minimum Gasteiger partial charge on any atom is -0.490 e. The number of H-pyrrole nitrogens is 1. The fourth-order valence-electron chi connectivity index (χ4n) is 2.92. The van der Waals surface area contributed by atoms with Crippen molar-refractivity contribution >= 4 is 16.7 Å². The van der Waals surface area contributed by atoms with E-state index in [0.29, 0.717) is 18.5 Å². The van der Waals surface area contributed by atoms with Crippen molar-refractivity contribution in [2.75, 3.05) is 13.1 Å². The Labute approximate surface area is 134 Å². The lowest BCUT2D eigenvalue weighted by molar-refractivity contribution is -0.133. The molecule has 2 heterocycles. The van der Waals surface area contributed by atoms with E-state index in [1.165, 1.54) is 0 Å². The molecule has 1 amide bonds. The van der Waals surface area contributed by atoms with Crippen LogP contribution in [-0.2, 0) is 4.79 Å². The van der Waals surface area contributed by atoms with Gasteiger partial charge in [0.1, 0.15) is 11.9 Å². The number of pyridine rings is 1. The van der Waals surface area contributed by atoms with Crippen molar-refractivity contribution in [1.82, 2.24) is 9.88 Å². The molecule has 0 saturated carbocycles. The highest BCUT2D eigenvalue weighted by atomic mass is 16.5. The number of amides is 1. The van der Waals surface area contributed by atoms with E-state index in [9.17, 15) is 9.59 Å². The zero-order valence-electron chi connectivity index (χ0n) is 13.1. The van der Waals surface area contributed by atoms with Gasteiger partial charge in [-0.1, -0.05) is 0 Å². The maximum atomic E-state index is 11.9. The lowest BCUT2D eigenvalue weighted by atomic mass is 10.1. The average molecular weight is 315 g/mol. The smallest absolute Gasteiger partial charge is 0.255 e. The van der Waals surface area contributed by atoms with Gasteiger partial charge in [-0.15, -0.1) is 0 Å². The van der Waals surface area contributed by atoms with E-state index in [2.05, 4.69) is 4.98 Å². The summed E-state index contributed by atoms with van der Waals surface area (Å²) in [5.74, 6) is 0.744. The van der Waals surface area contributed by atoms with Gasteiger partial charge in [0.05, 0.1) is 6.04 Å². The van der Waals surface area contributed by atoms with Gasteiger partial charge in [-0.3, -0.25) is 9.59 Å². The Balaban J connectivity index is 1.65. The van der Waals surface area contributed by atoms with Crippen molar-refractivity contribution in [3.63, 3.8) is 0 Å². The molecular formula is C17H21N3O3. The second-order valence-electron chi connectivity index (χ2n) is 5.99. The Morgan fingerprint density at radius 3 is 2.78 bits per heavy atom. The monoisotopic (exact) mass is 315 g/mol. The number of ether oxygens (including phenoxy) is 1. The third-order valence-corrected chi connectivity index (χ3v) is 4.19. The highest BCUT2D eigenvalue weighted by Gasteiger charge is 2.25. The number of benzene rings is 1. The molecule has 6 nitrogen and oxygen atoms in total. The van der Waals surface area contributed by atoms with E-state index >= 15 is 0 Å². The zero-order chi connectivity index (χ0) is 16.4. The fraction of sp³-hybridized carbons (Fsp3) is 0.412. The van der Waals surface area contributed by atoms with E-state index in [0.717, 1.165) is 24.0 Å². The SMILES string of the molecule is C[C@H](N)C(=O)N1CCC(Oc2ccc3c(=O)[nH]ccc3c2)CC1. The summed E-state index contributed by atoms with van der Waals surface area (Å²) in [5, 5.41) is 1.51. The fourth-order valence-corrected chi connectivity index (χ4v) is 2.92. The molecule has 23 heavy (non-hydrogen) atoms. The minimum atomic E-state index is -0.453. The summed E-state index contributed by atoms with van der Waals surface area (Å²) in [6.45, 7) is 3.04. The van der Waals surface area contributed by atoms with Gasteiger partial charge >= 0.3 is 0 Å². The second-order valence-corrected chi connectivity index (χ2v) is 5.99. The number of rotatable bonds is 3. The highest BCUT2D eigenvalue weighted by Crippen LogP contribution is 2.22. The number of carbonyl (C=O) groups is 1. The molecule has 0 aliphatic carbocycles. The number of likely N-dealkylation sites (tertiary alicyclic amines) is 1. The summed E-state index contributed by atoms with van der Waals surface area (Å²) >= 11 is 0. The van der Waals surface area contributed by atoms with Crippen molar-refractivity contribution in [2.45, 2.75) is 31.9 Å². The van der Waals surface area contributed by atoms with Crippen LogP contribution < -0.4 is 16.0 Å². The molecule has 1 aliphatic rings. The predicted molar refractivity (Wildman–Crippen MR) is 88.4 cm³/mol. The van der Waals surface area contributed by atoms with Gasteiger partial charge < -0.3 is 20.4 Å². The van der Waals surface area contributed by atoms with E-state index in [1.54, 1.807) is 24.1 Å². The first kappa shape index (κ1) is 15.6. The Morgan fingerprint density at radius 2 is 2.09 bits per heavy atom. The first-order chi connectivity index (χ1) is 11.0.